The smallest absolute Gasteiger partial charge is 0.0111 e. The average molecular weight is 116 g/mol. The molecule has 0 fully saturated rings. The predicted octanol–water partition coefficient (Wildman–Crippen LogP) is 2.22. The fourth-order valence-electron chi connectivity index (χ4n) is 0.526. The molecule has 0 saturated carbocycles. The van der Waals surface area contributed by atoms with Crippen molar-refractivity contribution in [1.29, 1.82) is 0 Å². The van der Waals surface area contributed by atoms with Crippen molar-refractivity contribution < 1.29 is 0 Å². The third-order valence-electron chi connectivity index (χ3n) is 0.596. The lowest BCUT2D eigenvalue weighted by atomic mass is 10.3. The van der Waals surface area contributed by atoms with Gasteiger partial charge in [0.15, 0.2) is 0 Å². The van der Waals surface area contributed by atoms with Crippen LogP contribution in [-0.4, -0.2) is 5.66 Å². The van der Waals surface area contributed by atoms with Gasteiger partial charge in [-0.25, -0.2) is 0 Å². The molecule has 0 radical (unpaired) electrons. The number of allylic oxidation sites excluding steroid dienone is 2. The summed E-state index contributed by atoms with van der Waals surface area (Å²) in [5, 5.41) is 0. The topological polar surface area (TPSA) is 0 Å². The molecule has 1 heteroatoms. The molecular formula is C6H13P. The predicted molar refractivity (Wildman–Crippen MR) is 38.6 cm³/mol. The molecule has 2 unspecified atom stereocenters. The van der Waals surface area contributed by atoms with E-state index in [1.54, 1.807) is 0 Å². The molecule has 0 aliphatic carbocycles. The van der Waals surface area contributed by atoms with Gasteiger partial charge in [-0.15, -0.1) is 9.24 Å². The molecule has 2 atom stereocenters. The van der Waals surface area contributed by atoms with Gasteiger partial charge in [0, 0.05) is 0 Å². The summed E-state index contributed by atoms with van der Waals surface area (Å²) in [7, 11) is 2.73. The highest BCUT2D eigenvalue weighted by atomic mass is 31.0. The Kier molecular flexibility index (Phi) is 3.29. The van der Waals surface area contributed by atoms with Crippen LogP contribution in [-0.2, 0) is 0 Å². The van der Waals surface area contributed by atoms with Crippen LogP contribution in [0.5, 0.6) is 0 Å². The van der Waals surface area contributed by atoms with Crippen LogP contribution in [0.25, 0.3) is 0 Å². The number of hydrogen-bond donors (Lipinski definition) is 0. The van der Waals surface area contributed by atoms with Gasteiger partial charge in [0.25, 0.3) is 0 Å². The van der Waals surface area contributed by atoms with Gasteiger partial charge in [-0.3, -0.25) is 0 Å². The third kappa shape index (κ3) is 6.17. The molecule has 0 aliphatic rings. The van der Waals surface area contributed by atoms with E-state index in [0.29, 0.717) is 5.66 Å². The normalized spacial score (nSPS) is 13.1. The summed E-state index contributed by atoms with van der Waals surface area (Å²) >= 11 is 0. The van der Waals surface area contributed by atoms with Crippen molar-refractivity contribution in [2.24, 2.45) is 0 Å². The van der Waals surface area contributed by atoms with E-state index in [4.69, 9.17) is 0 Å². The van der Waals surface area contributed by atoms with E-state index >= 15 is 0 Å². The lowest BCUT2D eigenvalue weighted by Crippen LogP contribution is -1.80. The van der Waals surface area contributed by atoms with Crippen molar-refractivity contribution in [3.05, 3.63) is 11.6 Å². The van der Waals surface area contributed by atoms with E-state index in [9.17, 15) is 0 Å². The molecule has 42 valence electrons. The van der Waals surface area contributed by atoms with Crippen LogP contribution in [0.1, 0.15) is 20.8 Å². The zero-order chi connectivity index (χ0) is 5.86. The van der Waals surface area contributed by atoms with Gasteiger partial charge in [0.1, 0.15) is 0 Å². The van der Waals surface area contributed by atoms with Gasteiger partial charge in [0.05, 0.1) is 0 Å². The summed E-state index contributed by atoms with van der Waals surface area (Å²) in [6, 6.07) is 0. The first-order valence-electron chi connectivity index (χ1n) is 2.53. The Morgan fingerprint density at radius 3 is 2.00 bits per heavy atom. The second kappa shape index (κ2) is 3.21. The molecule has 0 N–H and O–H groups in total. The molecule has 0 bridgehead atoms. The Morgan fingerprint density at radius 2 is 2.00 bits per heavy atom. The van der Waals surface area contributed by atoms with E-state index in [-0.39, 0.29) is 0 Å². The molecule has 0 aromatic carbocycles. The fourth-order valence-corrected chi connectivity index (χ4v) is 0.911. The lowest BCUT2D eigenvalue weighted by Gasteiger charge is -1.93. The first-order valence-corrected chi connectivity index (χ1v) is 3.20. The molecule has 0 heterocycles. The molecule has 7 heavy (non-hydrogen) atoms. The van der Waals surface area contributed by atoms with E-state index in [1.807, 2.05) is 0 Å². The zero-order valence-electron chi connectivity index (χ0n) is 5.23. The van der Waals surface area contributed by atoms with Crippen LogP contribution in [0.15, 0.2) is 11.6 Å². The van der Waals surface area contributed by atoms with E-state index in [0.717, 1.165) is 0 Å². The van der Waals surface area contributed by atoms with Crippen LogP contribution in [0.4, 0.5) is 0 Å². The van der Waals surface area contributed by atoms with Crippen molar-refractivity contribution in [1.82, 2.24) is 0 Å². The Hall–Kier alpha value is 0.170. The minimum atomic E-state index is 0.630. The summed E-state index contributed by atoms with van der Waals surface area (Å²) in [5.74, 6) is 0. The van der Waals surface area contributed by atoms with Gasteiger partial charge >= 0.3 is 0 Å². The second-order valence-electron chi connectivity index (χ2n) is 2.10. The maximum Gasteiger partial charge on any atom is -0.0111 e. The van der Waals surface area contributed by atoms with Crippen molar-refractivity contribution in [3.8, 4) is 0 Å². The first kappa shape index (κ1) is 7.17. The van der Waals surface area contributed by atoms with Gasteiger partial charge < -0.3 is 0 Å². The minimum Gasteiger partial charge on any atom is -0.131 e. The number of hydrogen-bond acceptors (Lipinski definition) is 0. The standard InChI is InChI=1S/C6H13P/c1-5(2)4-6(3)7/h4,6H,7H2,1-3H3. The minimum absolute atomic E-state index is 0.630. The summed E-state index contributed by atoms with van der Waals surface area (Å²) in [6.45, 7) is 6.37. The van der Waals surface area contributed by atoms with E-state index in [1.165, 1.54) is 5.57 Å². The van der Waals surface area contributed by atoms with Crippen molar-refractivity contribution in [2.75, 3.05) is 0 Å². The van der Waals surface area contributed by atoms with Gasteiger partial charge in [-0.2, -0.15) is 0 Å². The Labute approximate surface area is 48.2 Å². The highest BCUT2D eigenvalue weighted by Gasteiger charge is 1.82. The molecular weight excluding hydrogens is 103 g/mol. The van der Waals surface area contributed by atoms with E-state index < -0.39 is 0 Å². The molecule has 0 aromatic heterocycles. The molecule has 0 spiro atoms. The average Bonchev–Trinajstić information content (AvgIpc) is 1.27. The fraction of sp³-hybridized carbons (Fsp3) is 0.667. The quantitative estimate of drug-likeness (QED) is 0.364. The monoisotopic (exact) mass is 116 g/mol. The SMILES string of the molecule is CC(C)=CC(C)P. The zero-order valence-corrected chi connectivity index (χ0v) is 6.39. The summed E-state index contributed by atoms with van der Waals surface area (Å²) in [6.07, 6.45) is 2.21. The Morgan fingerprint density at radius 1 is 1.57 bits per heavy atom. The molecule has 0 nitrogen and oxygen atoms in total. The highest BCUT2D eigenvalue weighted by molar-refractivity contribution is 7.17. The van der Waals surface area contributed by atoms with Gasteiger partial charge in [-0.1, -0.05) is 18.6 Å². The summed E-state index contributed by atoms with van der Waals surface area (Å²) in [4.78, 5) is 0. The van der Waals surface area contributed by atoms with Crippen LogP contribution in [0.3, 0.4) is 0 Å². The van der Waals surface area contributed by atoms with Crippen molar-refractivity contribution >= 4 is 9.24 Å². The van der Waals surface area contributed by atoms with Crippen LogP contribution < -0.4 is 0 Å². The van der Waals surface area contributed by atoms with Crippen molar-refractivity contribution in [2.45, 2.75) is 26.4 Å². The maximum atomic E-state index is 2.73. The highest BCUT2D eigenvalue weighted by Crippen LogP contribution is 2.02. The molecule has 0 amide bonds. The number of rotatable bonds is 1. The van der Waals surface area contributed by atoms with Gasteiger partial charge in [0.2, 0.25) is 0 Å². The molecule has 0 aromatic rings. The van der Waals surface area contributed by atoms with Crippen molar-refractivity contribution in [3.63, 3.8) is 0 Å². The van der Waals surface area contributed by atoms with Crippen LogP contribution in [0, 0.1) is 0 Å². The van der Waals surface area contributed by atoms with Crippen LogP contribution >= 0.6 is 9.24 Å². The summed E-state index contributed by atoms with van der Waals surface area (Å²) < 4.78 is 0. The molecule has 0 rings (SSSR count). The third-order valence-corrected chi connectivity index (χ3v) is 0.789. The lowest BCUT2D eigenvalue weighted by molar-refractivity contribution is 1.20. The largest absolute Gasteiger partial charge is 0.131 e. The Balaban J connectivity index is 3.45. The first-order chi connectivity index (χ1) is 3.13. The Bertz CT molecular complexity index is 68.2. The van der Waals surface area contributed by atoms with E-state index in [2.05, 4.69) is 36.1 Å². The van der Waals surface area contributed by atoms with Gasteiger partial charge in [-0.05, 0) is 19.5 Å². The summed E-state index contributed by atoms with van der Waals surface area (Å²) in [5.41, 5.74) is 2.02. The maximum absolute atomic E-state index is 2.73. The van der Waals surface area contributed by atoms with Crippen LogP contribution in [0.2, 0.25) is 0 Å². The molecule has 0 saturated heterocycles. The molecule has 0 aliphatic heterocycles. The second-order valence-corrected chi connectivity index (χ2v) is 3.15.